The number of fused-ring (bicyclic) bond motifs is 1. The third kappa shape index (κ3) is 2.47. The average Bonchev–Trinajstić information content (AvgIpc) is 2.29. The summed E-state index contributed by atoms with van der Waals surface area (Å²) in [5.74, 6) is 0.736. The maximum absolute atomic E-state index is 10.7. The third-order valence-electron chi connectivity index (χ3n) is 2.41. The summed E-state index contributed by atoms with van der Waals surface area (Å²) in [6.07, 6.45) is -1.07. The van der Waals surface area contributed by atoms with E-state index >= 15 is 0 Å². The Kier molecular flexibility index (Phi) is 3.14. The molecular formula is C13H13NO3. The first kappa shape index (κ1) is 11.3. The van der Waals surface area contributed by atoms with Crippen LogP contribution in [0.1, 0.15) is 6.92 Å². The van der Waals surface area contributed by atoms with Crippen molar-refractivity contribution >= 4 is 22.6 Å². The highest BCUT2D eigenvalue weighted by Crippen LogP contribution is 2.27. The second-order valence-corrected chi connectivity index (χ2v) is 3.55. The molecule has 2 N–H and O–H groups in total. The summed E-state index contributed by atoms with van der Waals surface area (Å²) in [4.78, 5) is 10.7. The summed E-state index contributed by atoms with van der Waals surface area (Å²) < 4.78 is 5.40. The van der Waals surface area contributed by atoms with Crippen LogP contribution in [0, 0.1) is 0 Å². The molecule has 0 aliphatic heterocycles. The largest absolute Gasteiger partial charge is 0.494 e. The minimum absolute atomic E-state index is 0.566. The van der Waals surface area contributed by atoms with Crippen LogP contribution in [-0.2, 0) is 0 Å². The molecule has 0 aromatic heterocycles. The molecule has 2 aromatic rings. The summed E-state index contributed by atoms with van der Waals surface area (Å²) >= 11 is 0. The molecule has 0 unspecified atom stereocenters. The monoisotopic (exact) mass is 231 g/mol. The van der Waals surface area contributed by atoms with Crippen LogP contribution in [0.4, 0.5) is 10.5 Å². The summed E-state index contributed by atoms with van der Waals surface area (Å²) in [5.41, 5.74) is 0.566. The number of hydrogen-bond acceptors (Lipinski definition) is 2. The van der Waals surface area contributed by atoms with Crippen molar-refractivity contribution in [2.24, 2.45) is 0 Å². The fourth-order valence-electron chi connectivity index (χ4n) is 1.73. The van der Waals surface area contributed by atoms with Gasteiger partial charge in [0.15, 0.2) is 0 Å². The molecule has 0 radical (unpaired) electrons. The van der Waals surface area contributed by atoms with Crippen LogP contribution in [0.15, 0.2) is 36.4 Å². The van der Waals surface area contributed by atoms with Crippen LogP contribution >= 0.6 is 0 Å². The van der Waals surface area contributed by atoms with Gasteiger partial charge < -0.3 is 9.84 Å². The van der Waals surface area contributed by atoms with E-state index in [-0.39, 0.29) is 0 Å². The SMILES string of the molecule is CCOc1ccc2cccc(NC(=O)O)c2c1. The molecule has 0 bridgehead atoms. The highest BCUT2D eigenvalue weighted by molar-refractivity contribution is 6.00. The van der Waals surface area contributed by atoms with E-state index in [0.29, 0.717) is 12.3 Å². The topological polar surface area (TPSA) is 58.6 Å². The van der Waals surface area contributed by atoms with Crippen molar-refractivity contribution in [3.8, 4) is 5.75 Å². The molecule has 0 fully saturated rings. The third-order valence-corrected chi connectivity index (χ3v) is 2.41. The Morgan fingerprint density at radius 1 is 1.35 bits per heavy atom. The molecule has 0 atom stereocenters. The zero-order chi connectivity index (χ0) is 12.3. The first-order chi connectivity index (χ1) is 8.20. The molecule has 0 aliphatic carbocycles. The lowest BCUT2D eigenvalue weighted by Gasteiger charge is -2.08. The van der Waals surface area contributed by atoms with Crippen molar-refractivity contribution in [2.45, 2.75) is 6.92 Å². The summed E-state index contributed by atoms with van der Waals surface area (Å²) in [6, 6.07) is 11.1. The van der Waals surface area contributed by atoms with Crippen molar-refractivity contribution in [3.63, 3.8) is 0 Å². The minimum Gasteiger partial charge on any atom is -0.494 e. The highest BCUT2D eigenvalue weighted by Gasteiger charge is 2.04. The van der Waals surface area contributed by atoms with Crippen molar-refractivity contribution in [1.82, 2.24) is 0 Å². The van der Waals surface area contributed by atoms with E-state index in [1.165, 1.54) is 0 Å². The minimum atomic E-state index is -1.07. The number of hydrogen-bond donors (Lipinski definition) is 2. The van der Waals surface area contributed by atoms with E-state index in [1.54, 1.807) is 6.07 Å². The van der Waals surface area contributed by atoms with Crippen molar-refractivity contribution in [2.75, 3.05) is 11.9 Å². The number of anilines is 1. The van der Waals surface area contributed by atoms with Crippen LogP contribution in [0.3, 0.4) is 0 Å². The van der Waals surface area contributed by atoms with Gasteiger partial charge in [0.2, 0.25) is 0 Å². The van der Waals surface area contributed by atoms with Gasteiger partial charge >= 0.3 is 6.09 Å². The van der Waals surface area contributed by atoms with E-state index in [2.05, 4.69) is 5.32 Å². The normalized spacial score (nSPS) is 10.2. The van der Waals surface area contributed by atoms with Crippen LogP contribution in [0.5, 0.6) is 5.75 Å². The van der Waals surface area contributed by atoms with Gasteiger partial charge in [-0.2, -0.15) is 0 Å². The lowest BCUT2D eigenvalue weighted by molar-refractivity contribution is 0.210. The zero-order valence-corrected chi connectivity index (χ0v) is 9.43. The fraction of sp³-hybridized carbons (Fsp3) is 0.154. The van der Waals surface area contributed by atoms with Gasteiger partial charge in [-0.25, -0.2) is 4.79 Å². The summed E-state index contributed by atoms with van der Waals surface area (Å²) in [6.45, 7) is 2.49. The number of carboxylic acid groups (broad SMARTS) is 1. The lowest BCUT2D eigenvalue weighted by atomic mass is 10.1. The second-order valence-electron chi connectivity index (χ2n) is 3.55. The summed E-state index contributed by atoms with van der Waals surface area (Å²) in [5, 5.41) is 12.9. The van der Waals surface area contributed by atoms with Gasteiger partial charge in [-0.15, -0.1) is 0 Å². The van der Waals surface area contributed by atoms with Crippen molar-refractivity contribution in [3.05, 3.63) is 36.4 Å². The number of ether oxygens (including phenoxy) is 1. The number of amides is 1. The van der Waals surface area contributed by atoms with E-state index < -0.39 is 6.09 Å². The molecule has 0 heterocycles. The van der Waals surface area contributed by atoms with E-state index in [9.17, 15) is 4.79 Å². The molecule has 0 saturated carbocycles. The molecule has 88 valence electrons. The van der Waals surface area contributed by atoms with Crippen LogP contribution < -0.4 is 10.1 Å². The van der Waals surface area contributed by atoms with Crippen molar-refractivity contribution in [1.29, 1.82) is 0 Å². The number of rotatable bonds is 3. The van der Waals surface area contributed by atoms with Gasteiger partial charge in [0.1, 0.15) is 5.75 Å². The molecular weight excluding hydrogens is 218 g/mol. The average molecular weight is 231 g/mol. The maximum atomic E-state index is 10.7. The summed E-state index contributed by atoms with van der Waals surface area (Å²) in [7, 11) is 0. The number of carbonyl (C=O) groups is 1. The Morgan fingerprint density at radius 2 is 2.18 bits per heavy atom. The molecule has 1 amide bonds. The highest BCUT2D eigenvalue weighted by atomic mass is 16.5. The predicted molar refractivity (Wildman–Crippen MR) is 66.8 cm³/mol. The zero-order valence-electron chi connectivity index (χ0n) is 9.43. The maximum Gasteiger partial charge on any atom is 0.409 e. The molecule has 4 heteroatoms. The first-order valence-corrected chi connectivity index (χ1v) is 5.36. The Labute approximate surface area is 98.8 Å². The number of benzene rings is 2. The fourth-order valence-corrected chi connectivity index (χ4v) is 1.73. The molecule has 0 saturated heterocycles. The predicted octanol–water partition coefficient (Wildman–Crippen LogP) is 3.33. The van der Waals surface area contributed by atoms with Gasteiger partial charge in [-0.05, 0) is 30.5 Å². The number of nitrogens with one attached hydrogen (secondary N) is 1. The van der Waals surface area contributed by atoms with Gasteiger partial charge in [-0.3, -0.25) is 5.32 Å². The van der Waals surface area contributed by atoms with Gasteiger partial charge in [0.25, 0.3) is 0 Å². The van der Waals surface area contributed by atoms with E-state index in [4.69, 9.17) is 9.84 Å². The molecule has 0 spiro atoms. The second kappa shape index (κ2) is 4.74. The molecule has 17 heavy (non-hydrogen) atoms. The molecule has 2 aromatic carbocycles. The first-order valence-electron chi connectivity index (χ1n) is 5.36. The Balaban J connectivity index is 2.51. The Morgan fingerprint density at radius 3 is 2.88 bits per heavy atom. The van der Waals surface area contributed by atoms with Crippen LogP contribution in [0.2, 0.25) is 0 Å². The molecule has 2 rings (SSSR count). The van der Waals surface area contributed by atoms with Gasteiger partial charge in [0, 0.05) is 5.39 Å². The van der Waals surface area contributed by atoms with Gasteiger partial charge in [-0.1, -0.05) is 18.2 Å². The smallest absolute Gasteiger partial charge is 0.409 e. The van der Waals surface area contributed by atoms with Gasteiger partial charge in [0.05, 0.1) is 12.3 Å². The van der Waals surface area contributed by atoms with Crippen LogP contribution in [0.25, 0.3) is 10.8 Å². The molecule has 0 aliphatic rings. The van der Waals surface area contributed by atoms with Crippen LogP contribution in [-0.4, -0.2) is 17.8 Å². The quantitative estimate of drug-likeness (QED) is 0.851. The lowest BCUT2D eigenvalue weighted by Crippen LogP contribution is -2.07. The van der Waals surface area contributed by atoms with E-state index in [0.717, 1.165) is 16.5 Å². The molecule has 4 nitrogen and oxygen atoms in total. The Hall–Kier alpha value is -2.23. The Bertz CT molecular complexity index is 551. The van der Waals surface area contributed by atoms with E-state index in [1.807, 2.05) is 37.3 Å². The van der Waals surface area contributed by atoms with Crippen molar-refractivity contribution < 1.29 is 14.6 Å². The standard InChI is InChI=1S/C13H13NO3/c1-2-17-10-7-6-9-4-3-5-12(11(9)8-10)14-13(15)16/h3-8,14H,2H2,1H3,(H,15,16).